The number of ketones is 1. The lowest BCUT2D eigenvalue weighted by Crippen LogP contribution is -2.18. The van der Waals surface area contributed by atoms with Crippen molar-refractivity contribution in [1.29, 1.82) is 0 Å². The Morgan fingerprint density at radius 1 is 1.42 bits per heavy atom. The van der Waals surface area contributed by atoms with E-state index in [1.165, 1.54) is 18.7 Å². The summed E-state index contributed by atoms with van der Waals surface area (Å²) in [6, 6.07) is 4.01. The maximum Gasteiger partial charge on any atom is 0.165 e. The molecule has 6 heteroatoms. The average Bonchev–Trinajstić information content (AvgIpc) is 3.03. The van der Waals surface area contributed by atoms with Gasteiger partial charge in [0.25, 0.3) is 0 Å². The van der Waals surface area contributed by atoms with Crippen molar-refractivity contribution in [2.45, 2.75) is 40.2 Å². The molecule has 26 heavy (non-hydrogen) atoms. The molecule has 0 aliphatic carbocycles. The summed E-state index contributed by atoms with van der Waals surface area (Å²) in [6.07, 6.45) is 2.96. The van der Waals surface area contributed by atoms with Crippen LogP contribution < -0.4 is 4.74 Å². The fourth-order valence-corrected chi connectivity index (χ4v) is 4.04. The molecule has 144 valence electrons. The van der Waals surface area contributed by atoms with Crippen LogP contribution in [-0.4, -0.2) is 36.0 Å². The fourth-order valence-electron chi connectivity index (χ4n) is 2.34. The highest BCUT2D eigenvalue weighted by Crippen LogP contribution is 2.42. The number of carbonyl (C=O) groups is 1. The van der Waals surface area contributed by atoms with Gasteiger partial charge in [-0.3, -0.25) is 9.10 Å². The first-order valence-corrected chi connectivity index (χ1v) is 10.8. The molecule has 0 amide bonds. The predicted octanol–water partition coefficient (Wildman–Crippen LogP) is 6.08. The molecule has 1 aromatic rings. The van der Waals surface area contributed by atoms with Crippen molar-refractivity contribution in [2.75, 3.05) is 19.8 Å². The van der Waals surface area contributed by atoms with Crippen molar-refractivity contribution < 1.29 is 9.53 Å². The quantitative estimate of drug-likeness (QED) is 0.399. The van der Waals surface area contributed by atoms with E-state index in [0.717, 1.165) is 34.0 Å². The molecule has 0 fully saturated rings. The number of fused-ring (bicyclic) bond motifs is 1. The lowest BCUT2D eigenvalue weighted by atomic mass is 10.1. The molecule has 0 spiro atoms. The first-order chi connectivity index (χ1) is 12.3. The van der Waals surface area contributed by atoms with Crippen LogP contribution in [0.2, 0.25) is 5.02 Å². The van der Waals surface area contributed by atoms with E-state index in [4.69, 9.17) is 16.3 Å². The molecular formula is C20H28ClNO2S2. The van der Waals surface area contributed by atoms with Crippen molar-refractivity contribution in [3.05, 3.63) is 45.8 Å². The van der Waals surface area contributed by atoms with Gasteiger partial charge < -0.3 is 4.74 Å². The molecule has 0 saturated heterocycles. The minimum Gasteiger partial charge on any atom is -0.487 e. The Labute approximate surface area is 171 Å². The number of hydrogen-bond acceptors (Lipinski definition) is 5. The number of carbonyl (C=O) groups excluding carboxylic acids is 1. The summed E-state index contributed by atoms with van der Waals surface area (Å²) in [4.78, 5) is 13.0. The second-order valence-corrected chi connectivity index (χ2v) is 8.60. The highest BCUT2D eigenvalue weighted by Gasteiger charge is 2.26. The van der Waals surface area contributed by atoms with Crippen molar-refractivity contribution in [3.8, 4) is 5.75 Å². The molecule has 0 radical (unpaired) electrons. The molecule has 0 bridgehead atoms. The SMILES string of the molecule is C=C(S/C(=C\C)c1cc(Cl)c2c(c1)CC(CSN(C)C)O2)C(C)=O.CC. The number of allylic oxidation sites excluding steroid dienone is 2. The summed E-state index contributed by atoms with van der Waals surface area (Å²) < 4.78 is 8.07. The van der Waals surface area contributed by atoms with E-state index in [-0.39, 0.29) is 11.9 Å². The standard InChI is InChI=1S/C18H22ClNO2S2.C2H6/c1-6-17(24-12(3)11(2)21)13-7-14-8-15(10-23-20(4)5)22-18(14)16(19)9-13;1-2/h6-7,9,15H,3,8,10H2,1-2,4-5H3;1-2H3/b17-6-;. The number of halogens is 1. The van der Waals surface area contributed by atoms with E-state index in [9.17, 15) is 4.79 Å². The van der Waals surface area contributed by atoms with Crippen LogP contribution in [0.15, 0.2) is 29.7 Å². The highest BCUT2D eigenvalue weighted by molar-refractivity contribution is 8.12. The van der Waals surface area contributed by atoms with Gasteiger partial charge in [-0.25, -0.2) is 0 Å². The summed E-state index contributed by atoms with van der Waals surface area (Å²) in [5, 5.41) is 0.619. The van der Waals surface area contributed by atoms with Crippen molar-refractivity contribution in [3.63, 3.8) is 0 Å². The van der Waals surface area contributed by atoms with Crippen molar-refractivity contribution >= 4 is 46.0 Å². The molecule has 1 aromatic carbocycles. The minimum absolute atomic E-state index is 0.0179. The van der Waals surface area contributed by atoms with Gasteiger partial charge in [-0.05, 0) is 45.6 Å². The molecule has 1 aliphatic heterocycles. The Bertz CT molecular complexity index is 687. The second-order valence-electron chi connectivity index (χ2n) is 5.73. The van der Waals surface area contributed by atoms with Crippen LogP contribution in [0.25, 0.3) is 4.91 Å². The van der Waals surface area contributed by atoms with Crippen LogP contribution in [0.5, 0.6) is 5.75 Å². The fraction of sp³-hybridized carbons (Fsp3) is 0.450. The molecule has 0 saturated carbocycles. The third-order valence-electron chi connectivity index (χ3n) is 3.54. The zero-order chi connectivity index (χ0) is 19.9. The summed E-state index contributed by atoms with van der Waals surface area (Å²) in [5.41, 5.74) is 2.12. The van der Waals surface area contributed by atoms with Gasteiger partial charge in [0.05, 0.1) is 5.02 Å². The molecule has 1 unspecified atom stereocenters. The summed E-state index contributed by atoms with van der Waals surface area (Å²) in [6.45, 7) is 11.3. The van der Waals surface area contributed by atoms with Crippen molar-refractivity contribution in [1.82, 2.24) is 4.31 Å². The van der Waals surface area contributed by atoms with Crippen molar-refractivity contribution in [2.24, 2.45) is 0 Å². The number of rotatable bonds is 7. The number of hydrogen-bond donors (Lipinski definition) is 0. The molecular weight excluding hydrogens is 386 g/mol. The smallest absolute Gasteiger partial charge is 0.165 e. The first kappa shape index (κ1) is 23.2. The predicted molar refractivity (Wildman–Crippen MR) is 118 cm³/mol. The molecule has 2 rings (SSSR count). The Morgan fingerprint density at radius 3 is 2.62 bits per heavy atom. The largest absolute Gasteiger partial charge is 0.487 e. The van der Waals surface area contributed by atoms with Crippen LogP contribution in [0.3, 0.4) is 0 Å². The molecule has 1 heterocycles. The first-order valence-electron chi connectivity index (χ1n) is 8.65. The highest BCUT2D eigenvalue weighted by atomic mass is 35.5. The third-order valence-corrected chi connectivity index (χ3v) is 6.09. The third kappa shape index (κ3) is 6.38. The maximum atomic E-state index is 11.5. The summed E-state index contributed by atoms with van der Waals surface area (Å²) in [5.74, 6) is 1.66. The topological polar surface area (TPSA) is 29.5 Å². The minimum atomic E-state index is -0.0179. The molecule has 1 aliphatic rings. The Hall–Kier alpha value is -0.880. The van der Waals surface area contributed by atoms with Gasteiger partial charge in [-0.15, -0.1) is 0 Å². The second kappa shape index (κ2) is 11.1. The number of ether oxygens (including phenoxy) is 1. The van der Waals surface area contributed by atoms with Crippen LogP contribution in [0.4, 0.5) is 0 Å². The Balaban J connectivity index is 0.00000163. The zero-order valence-corrected chi connectivity index (χ0v) is 18.8. The lowest BCUT2D eigenvalue weighted by molar-refractivity contribution is -0.112. The zero-order valence-electron chi connectivity index (χ0n) is 16.4. The van der Waals surface area contributed by atoms with Crippen LogP contribution in [0.1, 0.15) is 38.8 Å². The van der Waals surface area contributed by atoms with Crippen LogP contribution in [-0.2, 0) is 11.2 Å². The van der Waals surface area contributed by atoms with E-state index in [1.807, 2.05) is 47.0 Å². The monoisotopic (exact) mass is 413 g/mol. The van der Waals surface area contributed by atoms with Gasteiger partial charge >= 0.3 is 0 Å². The Kier molecular flexibility index (Phi) is 9.86. The molecule has 0 aromatic heterocycles. The van der Waals surface area contributed by atoms with Gasteiger partial charge in [0.1, 0.15) is 11.9 Å². The number of Topliss-reactive ketones (excluding diaryl/α,β-unsaturated/α-hetero) is 1. The van der Waals surface area contributed by atoms with Gasteiger partial charge in [0, 0.05) is 27.5 Å². The van der Waals surface area contributed by atoms with Crippen LogP contribution >= 0.6 is 35.3 Å². The van der Waals surface area contributed by atoms with Gasteiger partial charge in [0.2, 0.25) is 0 Å². The van der Waals surface area contributed by atoms with E-state index >= 15 is 0 Å². The molecule has 3 nitrogen and oxygen atoms in total. The normalized spacial score (nSPS) is 15.8. The summed E-state index contributed by atoms with van der Waals surface area (Å²) in [7, 11) is 4.05. The van der Waals surface area contributed by atoms with E-state index in [1.54, 1.807) is 11.9 Å². The lowest BCUT2D eigenvalue weighted by Gasteiger charge is -2.13. The summed E-state index contributed by atoms with van der Waals surface area (Å²) >= 11 is 9.55. The van der Waals surface area contributed by atoms with Gasteiger partial charge in [-0.2, -0.15) is 0 Å². The Morgan fingerprint density at radius 2 is 2.08 bits per heavy atom. The maximum absolute atomic E-state index is 11.5. The van der Waals surface area contributed by atoms with Gasteiger partial charge in [0.15, 0.2) is 5.78 Å². The van der Waals surface area contributed by atoms with E-state index < -0.39 is 0 Å². The van der Waals surface area contributed by atoms with E-state index in [2.05, 4.69) is 17.0 Å². The van der Waals surface area contributed by atoms with Gasteiger partial charge in [-0.1, -0.05) is 61.8 Å². The molecule has 0 N–H and O–H groups in total. The average molecular weight is 414 g/mol. The number of nitrogens with zero attached hydrogens (tertiary/aromatic N) is 1. The van der Waals surface area contributed by atoms with E-state index in [0.29, 0.717) is 9.93 Å². The number of benzene rings is 1. The van der Waals surface area contributed by atoms with Crippen LogP contribution in [0, 0.1) is 0 Å². The number of thioether (sulfide) groups is 1. The molecule has 1 atom stereocenters.